The number of rotatable bonds is 4. The number of hydrogen-bond acceptors (Lipinski definition) is 4. The van der Waals surface area contributed by atoms with E-state index in [1.54, 1.807) is 39.6 Å². The number of Topliss-reactive ketones (excluding diaryl/α,β-unsaturated/α-hetero) is 1. The van der Waals surface area contributed by atoms with Crippen molar-refractivity contribution in [1.29, 1.82) is 0 Å². The fourth-order valence-corrected chi connectivity index (χ4v) is 4.96. The lowest BCUT2D eigenvalue weighted by Crippen LogP contribution is -2.27. The molecule has 0 amide bonds. The standard InChI is InChI=1S/C22H23FN2OS.C4H10O.C2H2/c1-13-11-19-20(16-5-7-17(23)8-6-16)18(12-14(2)26)15(3)21-22(19)24(13)9-10-25(21)27-4;1-4(2,3)5;1-2/h5-8,11H,9-10,12H2,1-4H3;5H,1-3H3;1-2H. The van der Waals surface area contributed by atoms with Crippen LogP contribution < -0.4 is 4.31 Å². The van der Waals surface area contributed by atoms with Crippen LogP contribution in [-0.4, -0.2) is 33.9 Å². The van der Waals surface area contributed by atoms with Crippen molar-refractivity contribution in [2.45, 2.75) is 60.1 Å². The second kappa shape index (κ2) is 11.1. The Hall–Kier alpha value is -2.75. The number of carbonyl (C=O) groups excluding carboxylic acids is 1. The molecule has 0 spiro atoms. The Labute approximate surface area is 207 Å². The summed E-state index contributed by atoms with van der Waals surface area (Å²) in [4.78, 5) is 12.1. The highest BCUT2D eigenvalue weighted by atomic mass is 32.2. The number of aromatic nitrogens is 1. The summed E-state index contributed by atoms with van der Waals surface area (Å²) in [6.45, 7) is 13.0. The van der Waals surface area contributed by atoms with Gasteiger partial charge in [-0.15, -0.1) is 12.8 Å². The summed E-state index contributed by atoms with van der Waals surface area (Å²) < 4.78 is 18.2. The van der Waals surface area contributed by atoms with E-state index in [0.717, 1.165) is 40.7 Å². The molecule has 0 atom stereocenters. The van der Waals surface area contributed by atoms with Gasteiger partial charge in [0, 0.05) is 36.8 Å². The van der Waals surface area contributed by atoms with E-state index < -0.39 is 5.60 Å². The maximum absolute atomic E-state index is 13.5. The highest BCUT2D eigenvalue weighted by Crippen LogP contribution is 2.46. The second-order valence-electron chi connectivity index (χ2n) is 9.37. The topological polar surface area (TPSA) is 45.5 Å². The van der Waals surface area contributed by atoms with Gasteiger partial charge in [-0.3, -0.25) is 4.79 Å². The number of benzene rings is 2. The third kappa shape index (κ3) is 6.02. The molecule has 1 N–H and O–H groups in total. The van der Waals surface area contributed by atoms with Gasteiger partial charge in [0.15, 0.2) is 0 Å². The molecule has 0 fully saturated rings. The number of anilines is 1. The molecule has 0 unspecified atom stereocenters. The van der Waals surface area contributed by atoms with Crippen LogP contribution in [0.1, 0.15) is 44.5 Å². The molecule has 182 valence electrons. The van der Waals surface area contributed by atoms with Gasteiger partial charge in [-0.2, -0.15) is 0 Å². The highest BCUT2D eigenvalue weighted by molar-refractivity contribution is 8.00. The Morgan fingerprint density at radius 3 is 2.21 bits per heavy atom. The quantitative estimate of drug-likeness (QED) is 0.349. The third-order valence-corrected chi connectivity index (χ3v) is 6.27. The lowest BCUT2D eigenvalue weighted by atomic mass is 9.88. The molecule has 0 radical (unpaired) electrons. The van der Waals surface area contributed by atoms with Crippen LogP contribution in [0.15, 0.2) is 30.3 Å². The van der Waals surface area contributed by atoms with Crippen LogP contribution in [0.2, 0.25) is 0 Å². The first-order valence-electron chi connectivity index (χ1n) is 11.2. The van der Waals surface area contributed by atoms with Crippen molar-refractivity contribution in [3.8, 4) is 24.0 Å². The SMILES string of the molecule is C#C.CC(C)(C)O.CSN1CCn2c(C)cc3c(-c4ccc(F)cc4)c(CC(C)=O)c(C)c1c32. The summed E-state index contributed by atoms with van der Waals surface area (Å²) >= 11 is 1.72. The zero-order valence-corrected chi connectivity index (χ0v) is 22.0. The fourth-order valence-electron chi connectivity index (χ4n) is 4.29. The van der Waals surface area contributed by atoms with Gasteiger partial charge < -0.3 is 14.0 Å². The van der Waals surface area contributed by atoms with Crippen molar-refractivity contribution in [1.82, 2.24) is 4.57 Å². The van der Waals surface area contributed by atoms with E-state index in [1.807, 2.05) is 12.1 Å². The van der Waals surface area contributed by atoms with E-state index in [0.29, 0.717) is 6.42 Å². The average molecular weight is 483 g/mol. The average Bonchev–Trinajstić information content (AvgIpc) is 3.09. The monoisotopic (exact) mass is 482 g/mol. The van der Waals surface area contributed by atoms with Gasteiger partial charge in [-0.1, -0.05) is 24.1 Å². The Bertz CT molecular complexity index is 1180. The first kappa shape index (κ1) is 27.5. The first-order chi connectivity index (χ1) is 15.9. The molecule has 0 aliphatic carbocycles. The molecule has 2 heterocycles. The van der Waals surface area contributed by atoms with Crippen molar-refractivity contribution in [3.63, 3.8) is 0 Å². The second-order valence-corrected chi connectivity index (χ2v) is 10.2. The van der Waals surface area contributed by atoms with Crippen LogP contribution in [0, 0.1) is 32.5 Å². The van der Waals surface area contributed by atoms with Crippen molar-refractivity contribution in [2.75, 3.05) is 17.1 Å². The van der Waals surface area contributed by atoms with Gasteiger partial charge in [0.2, 0.25) is 0 Å². The number of ketones is 1. The van der Waals surface area contributed by atoms with Crippen molar-refractivity contribution in [2.24, 2.45) is 0 Å². The minimum Gasteiger partial charge on any atom is -0.391 e. The Kier molecular flexibility index (Phi) is 8.99. The number of aryl methyl sites for hydroxylation is 1. The first-order valence-corrected chi connectivity index (χ1v) is 12.4. The zero-order chi connectivity index (χ0) is 25.8. The molecular formula is C28H35FN2O2S. The zero-order valence-electron chi connectivity index (χ0n) is 21.2. The van der Waals surface area contributed by atoms with E-state index in [9.17, 15) is 9.18 Å². The predicted molar refractivity (Wildman–Crippen MR) is 144 cm³/mol. The van der Waals surface area contributed by atoms with Crippen LogP contribution in [0.4, 0.5) is 10.1 Å². The van der Waals surface area contributed by atoms with Gasteiger partial charge in [-0.05, 0) is 82.0 Å². The van der Waals surface area contributed by atoms with E-state index >= 15 is 0 Å². The lowest BCUT2D eigenvalue weighted by Gasteiger charge is -2.32. The van der Waals surface area contributed by atoms with Crippen molar-refractivity contribution >= 4 is 34.3 Å². The summed E-state index contributed by atoms with van der Waals surface area (Å²) in [6.07, 6.45) is 10.5. The van der Waals surface area contributed by atoms with E-state index in [1.165, 1.54) is 29.0 Å². The van der Waals surface area contributed by atoms with E-state index in [4.69, 9.17) is 5.11 Å². The van der Waals surface area contributed by atoms with Gasteiger partial charge in [0.05, 0.1) is 16.8 Å². The molecule has 1 aliphatic rings. The van der Waals surface area contributed by atoms with E-state index in [2.05, 4.69) is 47.9 Å². The molecular weight excluding hydrogens is 447 g/mol. The van der Waals surface area contributed by atoms with Crippen molar-refractivity contribution < 1.29 is 14.3 Å². The molecule has 6 heteroatoms. The molecule has 1 aromatic heterocycles. The Morgan fingerprint density at radius 1 is 1.15 bits per heavy atom. The smallest absolute Gasteiger partial charge is 0.134 e. The number of halogens is 1. The van der Waals surface area contributed by atoms with Gasteiger partial charge in [0.25, 0.3) is 0 Å². The molecule has 0 saturated carbocycles. The summed E-state index contributed by atoms with van der Waals surface area (Å²) in [5, 5.41) is 9.67. The maximum Gasteiger partial charge on any atom is 0.134 e. The van der Waals surface area contributed by atoms with Gasteiger partial charge in [-0.25, -0.2) is 4.39 Å². The molecule has 0 saturated heterocycles. The summed E-state index contributed by atoms with van der Waals surface area (Å²) in [6, 6.07) is 8.83. The number of nitrogens with zero attached hydrogens (tertiary/aromatic N) is 2. The maximum atomic E-state index is 13.5. The summed E-state index contributed by atoms with van der Waals surface area (Å²) in [7, 11) is 0. The van der Waals surface area contributed by atoms with Crippen LogP contribution in [0.25, 0.3) is 22.0 Å². The van der Waals surface area contributed by atoms with Gasteiger partial charge in [0.1, 0.15) is 11.6 Å². The molecule has 34 heavy (non-hydrogen) atoms. The summed E-state index contributed by atoms with van der Waals surface area (Å²) in [5.74, 6) is -0.115. The Morgan fingerprint density at radius 2 is 1.71 bits per heavy atom. The molecule has 2 aromatic carbocycles. The fraction of sp³-hybridized carbons (Fsp3) is 0.393. The molecule has 0 bridgehead atoms. The van der Waals surface area contributed by atoms with Crippen LogP contribution in [-0.2, 0) is 17.8 Å². The number of carbonyl (C=O) groups is 1. The van der Waals surface area contributed by atoms with Crippen LogP contribution in [0.3, 0.4) is 0 Å². The number of aliphatic hydroxyl groups is 1. The minimum atomic E-state index is -0.500. The molecule has 4 nitrogen and oxygen atoms in total. The normalized spacial score (nSPS) is 12.5. The largest absolute Gasteiger partial charge is 0.391 e. The highest BCUT2D eigenvalue weighted by Gasteiger charge is 2.28. The third-order valence-electron chi connectivity index (χ3n) is 5.46. The molecule has 1 aliphatic heterocycles. The summed E-state index contributed by atoms with van der Waals surface area (Å²) in [5.41, 5.74) is 7.36. The van der Waals surface area contributed by atoms with Crippen molar-refractivity contribution in [3.05, 3.63) is 53.0 Å². The number of terminal acetylenes is 1. The Balaban J connectivity index is 0.000000520. The van der Waals surface area contributed by atoms with E-state index in [-0.39, 0.29) is 11.6 Å². The lowest BCUT2D eigenvalue weighted by molar-refractivity contribution is -0.116. The van der Waals surface area contributed by atoms with Gasteiger partial charge >= 0.3 is 0 Å². The predicted octanol–water partition coefficient (Wildman–Crippen LogP) is 6.32. The van der Waals surface area contributed by atoms with Crippen LogP contribution in [0.5, 0.6) is 0 Å². The molecule has 3 aromatic rings. The minimum absolute atomic E-state index is 0.135. The van der Waals surface area contributed by atoms with Crippen LogP contribution >= 0.6 is 11.9 Å². The molecule has 4 rings (SSSR count). The number of hydrogen-bond donors (Lipinski definition) is 1.